The molecule has 0 saturated heterocycles. The smallest absolute Gasteiger partial charge is 0.361 e. The maximum absolute atomic E-state index is 13.4. The monoisotopic (exact) mass is 527 g/mol. The number of aryl methyl sites for hydroxylation is 2. The van der Waals surface area contributed by atoms with Crippen LogP contribution in [0.25, 0.3) is 33.1 Å². The van der Waals surface area contributed by atoms with E-state index < -0.39 is 28.5 Å². The summed E-state index contributed by atoms with van der Waals surface area (Å²) in [6.45, 7) is 3.59. The van der Waals surface area contributed by atoms with Crippen LogP contribution < -0.4 is 0 Å². The van der Waals surface area contributed by atoms with Gasteiger partial charge in [0.2, 0.25) is 0 Å². The Morgan fingerprint density at radius 3 is 2.38 bits per heavy atom. The number of benzene rings is 2. The fourth-order valence-corrected chi connectivity index (χ4v) is 5.54. The van der Waals surface area contributed by atoms with Crippen molar-refractivity contribution in [3.63, 3.8) is 0 Å². The van der Waals surface area contributed by atoms with E-state index in [0.717, 1.165) is 11.8 Å². The van der Waals surface area contributed by atoms with Crippen molar-refractivity contribution < 1.29 is 26.1 Å². The SMILES string of the molecule is Cc1noc(C)c1-c1cnc2c3ccc(S(C)(=O)=O)cc3n([C@@H](CCC(F)(F)F)c3ccccc3)c2c1. The number of nitrogens with zero attached hydrogens (tertiary/aromatic N) is 3. The summed E-state index contributed by atoms with van der Waals surface area (Å²) in [7, 11) is -3.56. The first-order valence-electron chi connectivity index (χ1n) is 11.6. The fraction of sp³-hybridized carbons (Fsp3) is 0.259. The molecule has 1 atom stereocenters. The lowest BCUT2D eigenvalue weighted by atomic mass is 10.0. The molecule has 3 heterocycles. The van der Waals surface area contributed by atoms with E-state index in [0.29, 0.717) is 44.5 Å². The minimum atomic E-state index is -4.36. The fourth-order valence-electron chi connectivity index (χ4n) is 4.90. The number of sulfone groups is 1. The molecule has 3 aromatic heterocycles. The number of hydrogen-bond donors (Lipinski definition) is 0. The first-order chi connectivity index (χ1) is 17.4. The van der Waals surface area contributed by atoms with Crippen molar-refractivity contribution in [2.24, 2.45) is 0 Å². The molecular weight excluding hydrogens is 503 g/mol. The van der Waals surface area contributed by atoms with Crippen LogP contribution in [0.3, 0.4) is 0 Å². The van der Waals surface area contributed by atoms with Crippen LogP contribution in [-0.2, 0) is 9.84 Å². The molecule has 0 saturated carbocycles. The van der Waals surface area contributed by atoms with Crippen LogP contribution in [0.1, 0.15) is 35.9 Å². The van der Waals surface area contributed by atoms with Crippen molar-refractivity contribution >= 4 is 31.8 Å². The number of alkyl halides is 3. The third-order valence-electron chi connectivity index (χ3n) is 6.56. The number of fused-ring (bicyclic) bond motifs is 3. The molecule has 0 radical (unpaired) electrons. The lowest BCUT2D eigenvalue weighted by Gasteiger charge is -2.23. The predicted molar refractivity (Wildman–Crippen MR) is 135 cm³/mol. The molecule has 0 amide bonds. The van der Waals surface area contributed by atoms with Crippen molar-refractivity contribution in [2.75, 3.05) is 6.26 Å². The number of hydrogen-bond acceptors (Lipinski definition) is 5. The van der Waals surface area contributed by atoms with Crippen molar-refractivity contribution in [2.45, 2.75) is 43.8 Å². The highest BCUT2D eigenvalue weighted by molar-refractivity contribution is 7.90. The highest BCUT2D eigenvalue weighted by Gasteiger charge is 2.31. The van der Waals surface area contributed by atoms with Gasteiger partial charge in [-0.1, -0.05) is 35.5 Å². The predicted octanol–water partition coefficient (Wildman–Crippen LogP) is 6.80. The standard InChI is InChI=1S/C27H24F3N3O3S/c1-16-25(17(2)36-32-16)19-13-24-26(31-15-19)21-10-9-20(37(3,34)35)14-23(21)33(24)22(11-12-27(28,29)30)18-7-5-4-6-8-18/h4-10,13-15,22H,11-12H2,1-3H3/t22-/m0/s1. The molecule has 0 bridgehead atoms. The Balaban J connectivity index is 1.86. The summed E-state index contributed by atoms with van der Waals surface area (Å²) in [5.74, 6) is 0.595. The van der Waals surface area contributed by atoms with Gasteiger partial charge in [-0.15, -0.1) is 0 Å². The Morgan fingerprint density at radius 2 is 1.76 bits per heavy atom. The quantitative estimate of drug-likeness (QED) is 0.243. The van der Waals surface area contributed by atoms with Gasteiger partial charge in [0, 0.05) is 35.4 Å². The van der Waals surface area contributed by atoms with Crippen LogP contribution in [0.2, 0.25) is 0 Å². The van der Waals surface area contributed by atoms with Gasteiger partial charge in [-0.05, 0) is 50.1 Å². The summed E-state index contributed by atoms with van der Waals surface area (Å²) in [6.07, 6.45) is -2.81. The zero-order valence-corrected chi connectivity index (χ0v) is 21.2. The van der Waals surface area contributed by atoms with E-state index >= 15 is 0 Å². The largest absolute Gasteiger partial charge is 0.389 e. The Labute approximate surface area is 211 Å². The van der Waals surface area contributed by atoms with Crippen molar-refractivity contribution in [3.8, 4) is 11.1 Å². The molecule has 0 aliphatic heterocycles. The van der Waals surface area contributed by atoms with Crippen LogP contribution in [0.15, 0.2) is 70.2 Å². The van der Waals surface area contributed by atoms with Gasteiger partial charge in [0.1, 0.15) is 5.76 Å². The summed E-state index contributed by atoms with van der Waals surface area (Å²) in [5, 5.41) is 4.67. The Kier molecular flexibility index (Phi) is 6.10. The summed E-state index contributed by atoms with van der Waals surface area (Å²) in [5.41, 5.74) is 4.47. The number of pyridine rings is 1. The van der Waals surface area contributed by atoms with E-state index in [2.05, 4.69) is 10.1 Å². The van der Waals surface area contributed by atoms with Gasteiger partial charge in [0.25, 0.3) is 0 Å². The molecule has 5 rings (SSSR count). The molecule has 0 aliphatic carbocycles. The van der Waals surface area contributed by atoms with E-state index in [-0.39, 0.29) is 11.3 Å². The molecule has 0 spiro atoms. The van der Waals surface area contributed by atoms with Gasteiger partial charge in [-0.2, -0.15) is 13.2 Å². The number of halogens is 3. The molecule has 192 valence electrons. The van der Waals surface area contributed by atoms with Crippen molar-refractivity contribution in [1.82, 2.24) is 14.7 Å². The normalized spacial score (nSPS) is 13.5. The summed E-state index contributed by atoms with van der Waals surface area (Å²) < 4.78 is 72.2. The highest BCUT2D eigenvalue weighted by Crippen LogP contribution is 2.40. The number of aromatic nitrogens is 3. The minimum absolute atomic E-state index is 0.0811. The van der Waals surface area contributed by atoms with Gasteiger partial charge in [-0.3, -0.25) is 4.98 Å². The van der Waals surface area contributed by atoms with Gasteiger partial charge in [-0.25, -0.2) is 8.42 Å². The van der Waals surface area contributed by atoms with Crippen LogP contribution in [0.4, 0.5) is 13.2 Å². The molecule has 5 aromatic rings. The molecule has 2 aromatic carbocycles. The molecule has 0 fully saturated rings. The van der Waals surface area contributed by atoms with Crippen molar-refractivity contribution in [3.05, 3.63) is 77.8 Å². The summed E-state index contributed by atoms with van der Waals surface area (Å²) >= 11 is 0. The Morgan fingerprint density at radius 1 is 1.03 bits per heavy atom. The Hall–Kier alpha value is -3.66. The Bertz CT molecular complexity index is 1700. The lowest BCUT2D eigenvalue weighted by Crippen LogP contribution is -2.16. The molecule has 0 unspecified atom stereocenters. The van der Waals surface area contributed by atoms with Crippen LogP contribution in [0.5, 0.6) is 0 Å². The lowest BCUT2D eigenvalue weighted by molar-refractivity contribution is -0.136. The van der Waals surface area contributed by atoms with E-state index in [1.807, 2.05) is 6.07 Å². The average molecular weight is 528 g/mol. The van der Waals surface area contributed by atoms with Gasteiger partial charge < -0.3 is 9.09 Å². The molecule has 0 N–H and O–H groups in total. The van der Waals surface area contributed by atoms with Gasteiger partial charge >= 0.3 is 6.18 Å². The second kappa shape index (κ2) is 9.02. The van der Waals surface area contributed by atoms with E-state index in [9.17, 15) is 21.6 Å². The van der Waals surface area contributed by atoms with E-state index in [4.69, 9.17) is 4.52 Å². The van der Waals surface area contributed by atoms with Crippen molar-refractivity contribution in [1.29, 1.82) is 0 Å². The topological polar surface area (TPSA) is 78.0 Å². The van der Waals surface area contributed by atoms with Gasteiger partial charge in [0.15, 0.2) is 9.84 Å². The van der Waals surface area contributed by atoms with E-state index in [1.54, 1.807) is 61.0 Å². The second-order valence-corrected chi connectivity index (χ2v) is 11.2. The first-order valence-corrected chi connectivity index (χ1v) is 13.5. The van der Waals surface area contributed by atoms with Gasteiger partial charge in [0.05, 0.1) is 33.2 Å². The maximum Gasteiger partial charge on any atom is 0.389 e. The molecule has 6 nitrogen and oxygen atoms in total. The third kappa shape index (κ3) is 4.73. The third-order valence-corrected chi connectivity index (χ3v) is 7.67. The molecule has 10 heteroatoms. The highest BCUT2D eigenvalue weighted by atomic mass is 32.2. The second-order valence-electron chi connectivity index (χ2n) is 9.19. The molecule has 37 heavy (non-hydrogen) atoms. The minimum Gasteiger partial charge on any atom is -0.361 e. The average Bonchev–Trinajstić information content (AvgIpc) is 3.34. The maximum atomic E-state index is 13.4. The zero-order chi connectivity index (χ0) is 26.5. The van der Waals surface area contributed by atoms with E-state index in [1.165, 1.54) is 12.1 Å². The van der Waals surface area contributed by atoms with Crippen LogP contribution >= 0.6 is 0 Å². The molecular formula is C27H24F3N3O3S. The first kappa shape index (κ1) is 25.0. The summed E-state index contributed by atoms with van der Waals surface area (Å²) in [6, 6.07) is 14.7. The number of rotatable bonds is 6. The zero-order valence-electron chi connectivity index (χ0n) is 20.4. The molecule has 0 aliphatic rings. The van der Waals surface area contributed by atoms with Crippen LogP contribution in [0, 0.1) is 13.8 Å². The summed E-state index contributed by atoms with van der Waals surface area (Å²) in [4.78, 5) is 4.76. The van der Waals surface area contributed by atoms with Crippen LogP contribution in [-0.4, -0.2) is 35.6 Å².